The van der Waals surface area contributed by atoms with E-state index in [1.807, 2.05) is 0 Å². The minimum Gasteiger partial charge on any atom is -0.393 e. The summed E-state index contributed by atoms with van der Waals surface area (Å²) in [4.78, 5) is 12.0. The van der Waals surface area contributed by atoms with Gasteiger partial charge in [-0.2, -0.15) is 0 Å². The molecule has 1 amide bonds. The minimum absolute atomic E-state index is 0.328. The standard InChI is InChI=1S/C24H47NO3/c1-4-5-6-7-8-9-10-11-12-13-14-15-16-17-18-24(23(25)28,19-21(2)26)20-22(3)27/h11-12,21-22,26-27H,4-10,13-20H2,1-3H3,(H2,25,28). The fraction of sp³-hybridized carbons (Fsp3) is 0.875. The molecule has 0 aromatic heterocycles. The third-order valence-electron chi connectivity index (χ3n) is 5.56. The first-order chi connectivity index (χ1) is 13.3. The van der Waals surface area contributed by atoms with Gasteiger partial charge >= 0.3 is 0 Å². The van der Waals surface area contributed by atoms with Crippen molar-refractivity contribution in [2.75, 3.05) is 0 Å². The van der Waals surface area contributed by atoms with Gasteiger partial charge in [-0.05, 0) is 58.8 Å². The molecule has 0 bridgehead atoms. The number of primary amides is 1. The number of rotatable bonds is 19. The molecule has 0 saturated heterocycles. The van der Waals surface area contributed by atoms with Gasteiger partial charge in [0.05, 0.1) is 17.6 Å². The number of hydrogen-bond donors (Lipinski definition) is 3. The maximum atomic E-state index is 12.0. The van der Waals surface area contributed by atoms with Gasteiger partial charge < -0.3 is 15.9 Å². The van der Waals surface area contributed by atoms with Gasteiger partial charge in [-0.1, -0.05) is 70.4 Å². The first-order valence-electron chi connectivity index (χ1n) is 11.6. The SMILES string of the molecule is CCCCCCCCC=CCCCCCCC(CC(C)O)(CC(C)O)C(N)=O. The van der Waals surface area contributed by atoms with E-state index in [4.69, 9.17) is 5.73 Å². The summed E-state index contributed by atoms with van der Waals surface area (Å²) in [5, 5.41) is 19.5. The molecule has 0 aliphatic carbocycles. The zero-order valence-electron chi connectivity index (χ0n) is 18.8. The van der Waals surface area contributed by atoms with Crippen LogP contribution in [0.25, 0.3) is 0 Å². The summed E-state index contributed by atoms with van der Waals surface area (Å²) in [7, 11) is 0. The van der Waals surface area contributed by atoms with Crippen molar-refractivity contribution in [3.8, 4) is 0 Å². The van der Waals surface area contributed by atoms with Gasteiger partial charge in [-0.25, -0.2) is 0 Å². The van der Waals surface area contributed by atoms with E-state index in [2.05, 4.69) is 19.1 Å². The Hall–Kier alpha value is -0.870. The third-order valence-corrected chi connectivity index (χ3v) is 5.56. The highest BCUT2D eigenvalue weighted by Gasteiger charge is 2.38. The van der Waals surface area contributed by atoms with E-state index in [-0.39, 0.29) is 0 Å². The quantitative estimate of drug-likeness (QED) is 0.195. The first-order valence-corrected chi connectivity index (χ1v) is 11.6. The Labute approximate surface area is 174 Å². The Morgan fingerprint density at radius 2 is 1.25 bits per heavy atom. The van der Waals surface area contributed by atoms with E-state index >= 15 is 0 Å². The maximum Gasteiger partial charge on any atom is 0.223 e. The molecule has 4 nitrogen and oxygen atoms in total. The highest BCUT2D eigenvalue weighted by molar-refractivity contribution is 5.80. The molecule has 4 heteroatoms. The van der Waals surface area contributed by atoms with Crippen LogP contribution in [0, 0.1) is 5.41 Å². The summed E-state index contributed by atoms with van der Waals surface area (Å²) in [5.74, 6) is -0.396. The van der Waals surface area contributed by atoms with Crippen molar-refractivity contribution >= 4 is 5.91 Å². The lowest BCUT2D eigenvalue weighted by Crippen LogP contribution is -2.41. The second kappa shape index (κ2) is 17.0. The predicted molar refractivity (Wildman–Crippen MR) is 119 cm³/mol. The van der Waals surface area contributed by atoms with Crippen LogP contribution >= 0.6 is 0 Å². The molecular formula is C24H47NO3. The molecule has 0 radical (unpaired) electrons. The van der Waals surface area contributed by atoms with Crippen LogP contribution in [0.1, 0.15) is 117 Å². The molecule has 4 N–H and O–H groups in total. The number of nitrogens with two attached hydrogens (primary N) is 1. The van der Waals surface area contributed by atoms with Crippen LogP contribution in [-0.2, 0) is 4.79 Å². The molecule has 0 heterocycles. The number of aliphatic hydroxyl groups excluding tert-OH is 2. The number of carbonyl (C=O) groups is 1. The number of hydrogen-bond acceptors (Lipinski definition) is 3. The van der Waals surface area contributed by atoms with Crippen LogP contribution in [0.3, 0.4) is 0 Å². The van der Waals surface area contributed by atoms with Crippen LogP contribution < -0.4 is 5.73 Å². The Bertz CT molecular complexity index is 395. The van der Waals surface area contributed by atoms with Crippen LogP contribution in [0.15, 0.2) is 12.2 Å². The van der Waals surface area contributed by atoms with E-state index in [1.54, 1.807) is 13.8 Å². The van der Waals surface area contributed by atoms with Gasteiger partial charge in [0, 0.05) is 0 Å². The molecule has 166 valence electrons. The zero-order valence-corrected chi connectivity index (χ0v) is 18.8. The van der Waals surface area contributed by atoms with Crippen molar-refractivity contribution < 1.29 is 15.0 Å². The monoisotopic (exact) mass is 397 g/mol. The van der Waals surface area contributed by atoms with Crippen molar-refractivity contribution in [2.45, 2.75) is 129 Å². The minimum atomic E-state index is -0.792. The highest BCUT2D eigenvalue weighted by Crippen LogP contribution is 2.35. The number of amides is 1. The smallest absolute Gasteiger partial charge is 0.223 e. The summed E-state index contributed by atoms with van der Waals surface area (Å²) < 4.78 is 0. The summed E-state index contributed by atoms with van der Waals surface area (Å²) in [6.07, 6.45) is 19.4. The average Bonchev–Trinajstić information content (AvgIpc) is 2.60. The van der Waals surface area contributed by atoms with E-state index in [0.717, 1.165) is 25.7 Å². The normalized spacial score (nSPS) is 16.2. The lowest BCUT2D eigenvalue weighted by molar-refractivity contribution is -0.132. The Morgan fingerprint density at radius 3 is 1.68 bits per heavy atom. The Kier molecular flexibility index (Phi) is 16.5. The number of allylic oxidation sites excluding steroid dienone is 2. The Balaban J connectivity index is 3.93. The van der Waals surface area contributed by atoms with E-state index in [9.17, 15) is 15.0 Å². The molecule has 0 spiro atoms. The molecule has 0 saturated carbocycles. The van der Waals surface area contributed by atoms with Crippen molar-refractivity contribution in [3.63, 3.8) is 0 Å². The Morgan fingerprint density at radius 1 is 0.821 bits per heavy atom. The summed E-state index contributed by atoms with van der Waals surface area (Å²) in [5.41, 5.74) is 4.86. The second-order valence-corrected chi connectivity index (χ2v) is 8.73. The lowest BCUT2D eigenvalue weighted by Gasteiger charge is -2.33. The molecule has 0 rings (SSSR count). The molecule has 2 atom stereocenters. The van der Waals surface area contributed by atoms with Crippen molar-refractivity contribution in [1.29, 1.82) is 0 Å². The second-order valence-electron chi connectivity index (χ2n) is 8.73. The van der Waals surface area contributed by atoms with Gasteiger partial charge in [0.25, 0.3) is 0 Å². The molecule has 0 aliphatic heterocycles. The average molecular weight is 398 g/mol. The van der Waals surface area contributed by atoms with Gasteiger partial charge in [-0.3, -0.25) is 4.79 Å². The number of aliphatic hydroxyl groups is 2. The fourth-order valence-corrected chi connectivity index (χ4v) is 4.10. The molecule has 0 fully saturated rings. The first kappa shape index (κ1) is 27.1. The fourth-order valence-electron chi connectivity index (χ4n) is 4.10. The van der Waals surface area contributed by atoms with Crippen LogP contribution in [0.4, 0.5) is 0 Å². The van der Waals surface area contributed by atoms with Gasteiger partial charge in [-0.15, -0.1) is 0 Å². The van der Waals surface area contributed by atoms with E-state index in [0.29, 0.717) is 19.3 Å². The molecule has 0 aliphatic rings. The summed E-state index contributed by atoms with van der Waals surface area (Å²) in [6.45, 7) is 5.61. The van der Waals surface area contributed by atoms with Crippen molar-refractivity contribution in [2.24, 2.45) is 11.1 Å². The van der Waals surface area contributed by atoms with Crippen LogP contribution in [0.5, 0.6) is 0 Å². The van der Waals surface area contributed by atoms with Gasteiger partial charge in [0.2, 0.25) is 5.91 Å². The van der Waals surface area contributed by atoms with Crippen LogP contribution in [-0.4, -0.2) is 28.3 Å². The largest absolute Gasteiger partial charge is 0.393 e. The van der Waals surface area contributed by atoms with E-state index in [1.165, 1.54) is 51.4 Å². The highest BCUT2D eigenvalue weighted by atomic mass is 16.3. The topological polar surface area (TPSA) is 83.6 Å². The van der Waals surface area contributed by atoms with Gasteiger partial charge in [0.15, 0.2) is 0 Å². The third kappa shape index (κ3) is 14.2. The van der Waals surface area contributed by atoms with Crippen molar-refractivity contribution in [3.05, 3.63) is 12.2 Å². The predicted octanol–water partition coefficient (Wildman–Crippen LogP) is 5.65. The summed E-state index contributed by atoms with van der Waals surface area (Å²) >= 11 is 0. The zero-order chi connectivity index (χ0) is 21.3. The van der Waals surface area contributed by atoms with Gasteiger partial charge in [0.1, 0.15) is 0 Å². The maximum absolute atomic E-state index is 12.0. The van der Waals surface area contributed by atoms with E-state index < -0.39 is 23.5 Å². The lowest BCUT2D eigenvalue weighted by atomic mass is 9.73. The summed E-state index contributed by atoms with van der Waals surface area (Å²) in [6, 6.07) is 0. The number of unbranched alkanes of at least 4 members (excludes halogenated alkanes) is 10. The molecule has 0 aromatic carbocycles. The number of carbonyl (C=O) groups excluding carboxylic acids is 1. The van der Waals surface area contributed by atoms with Crippen molar-refractivity contribution in [1.82, 2.24) is 0 Å². The molecule has 0 aromatic rings. The molecular weight excluding hydrogens is 350 g/mol. The molecule has 28 heavy (non-hydrogen) atoms. The van der Waals surface area contributed by atoms with Crippen LogP contribution in [0.2, 0.25) is 0 Å². The molecule has 2 unspecified atom stereocenters.